The fraction of sp³-hybridized carbons (Fsp3) is 0.500. The highest BCUT2D eigenvalue weighted by molar-refractivity contribution is 5.70. The molecule has 3 N–H and O–H groups in total. The number of aromatic amines is 1. The molecule has 13 heavy (non-hydrogen) atoms. The molecule has 0 bridgehead atoms. The molecule has 0 radical (unpaired) electrons. The molecule has 1 aromatic heterocycles. The van der Waals surface area contributed by atoms with Crippen molar-refractivity contribution in [2.45, 2.75) is 19.4 Å². The molecule has 1 aromatic rings. The van der Waals surface area contributed by atoms with Crippen molar-refractivity contribution in [3.8, 4) is 0 Å². The number of aromatic nitrogens is 2. The van der Waals surface area contributed by atoms with E-state index in [2.05, 4.69) is 14.7 Å². The average Bonchev–Trinajstić information content (AvgIpc) is 2.51. The van der Waals surface area contributed by atoms with Crippen LogP contribution in [0, 0.1) is 6.92 Å². The van der Waals surface area contributed by atoms with E-state index in [9.17, 15) is 4.79 Å². The molecule has 0 saturated carbocycles. The second kappa shape index (κ2) is 4.04. The number of H-pyrrole nitrogens is 1. The summed E-state index contributed by atoms with van der Waals surface area (Å²) < 4.78 is 4.50. The second-order valence-electron chi connectivity index (χ2n) is 2.80. The standard InChI is InChI=1S/C8H13N3O2/c1-5-8(11-4-10-5)6(9)3-7(12)13-2/h4,6H,3,9H2,1-2H3,(H,10,11)/t6-/m0/s1. The topological polar surface area (TPSA) is 81.0 Å². The molecule has 72 valence electrons. The number of carbonyl (C=O) groups is 1. The van der Waals surface area contributed by atoms with Crippen LogP contribution in [0.3, 0.4) is 0 Å². The molecule has 0 fully saturated rings. The number of ether oxygens (including phenoxy) is 1. The minimum absolute atomic E-state index is 0.155. The number of methoxy groups -OCH3 is 1. The van der Waals surface area contributed by atoms with Crippen molar-refractivity contribution in [3.05, 3.63) is 17.7 Å². The van der Waals surface area contributed by atoms with Gasteiger partial charge in [-0.1, -0.05) is 0 Å². The van der Waals surface area contributed by atoms with Crippen molar-refractivity contribution in [2.24, 2.45) is 5.73 Å². The number of carbonyl (C=O) groups excluding carboxylic acids is 1. The minimum Gasteiger partial charge on any atom is -0.469 e. The summed E-state index contributed by atoms with van der Waals surface area (Å²) in [6.45, 7) is 1.86. The van der Waals surface area contributed by atoms with Crippen LogP contribution in [0.2, 0.25) is 0 Å². The van der Waals surface area contributed by atoms with Gasteiger partial charge in [-0.05, 0) is 6.92 Å². The molecular formula is C8H13N3O2. The van der Waals surface area contributed by atoms with Crippen molar-refractivity contribution >= 4 is 5.97 Å². The molecule has 0 aliphatic carbocycles. The van der Waals surface area contributed by atoms with E-state index in [1.165, 1.54) is 7.11 Å². The van der Waals surface area contributed by atoms with E-state index in [4.69, 9.17) is 5.73 Å². The molecule has 0 amide bonds. The third-order valence-electron chi connectivity index (χ3n) is 1.83. The Labute approximate surface area is 76.3 Å². The quantitative estimate of drug-likeness (QED) is 0.659. The van der Waals surface area contributed by atoms with Crippen LogP contribution in [-0.4, -0.2) is 23.0 Å². The van der Waals surface area contributed by atoms with Crippen molar-refractivity contribution in [2.75, 3.05) is 7.11 Å². The largest absolute Gasteiger partial charge is 0.469 e. The van der Waals surface area contributed by atoms with Crippen molar-refractivity contribution in [1.29, 1.82) is 0 Å². The van der Waals surface area contributed by atoms with Crippen LogP contribution in [0.1, 0.15) is 23.9 Å². The SMILES string of the molecule is COC(=O)C[C@H](N)c1nc[nH]c1C. The predicted molar refractivity (Wildman–Crippen MR) is 46.9 cm³/mol. The molecule has 1 rings (SSSR count). The van der Waals surface area contributed by atoms with Crippen LogP contribution in [0.5, 0.6) is 0 Å². The van der Waals surface area contributed by atoms with Gasteiger partial charge in [-0.15, -0.1) is 0 Å². The molecule has 0 unspecified atom stereocenters. The van der Waals surface area contributed by atoms with Gasteiger partial charge in [0, 0.05) is 5.69 Å². The third-order valence-corrected chi connectivity index (χ3v) is 1.83. The van der Waals surface area contributed by atoms with Crippen LogP contribution >= 0.6 is 0 Å². The monoisotopic (exact) mass is 183 g/mol. The fourth-order valence-electron chi connectivity index (χ4n) is 1.10. The van der Waals surface area contributed by atoms with Crippen molar-refractivity contribution < 1.29 is 9.53 Å². The third kappa shape index (κ3) is 2.29. The molecule has 5 heteroatoms. The molecule has 0 aromatic carbocycles. The summed E-state index contributed by atoms with van der Waals surface area (Å²) in [4.78, 5) is 17.8. The number of nitrogens with two attached hydrogens (primary N) is 1. The van der Waals surface area contributed by atoms with Gasteiger partial charge in [0.25, 0.3) is 0 Å². The molecule has 0 aliphatic heterocycles. The van der Waals surface area contributed by atoms with Crippen molar-refractivity contribution in [3.63, 3.8) is 0 Å². The summed E-state index contributed by atoms with van der Waals surface area (Å²) in [5.41, 5.74) is 7.33. The smallest absolute Gasteiger partial charge is 0.307 e. The van der Waals surface area contributed by atoms with Gasteiger partial charge in [-0.2, -0.15) is 0 Å². The fourth-order valence-corrected chi connectivity index (χ4v) is 1.10. The van der Waals surface area contributed by atoms with Crippen LogP contribution in [-0.2, 0) is 9.53 Å². The Balaban J connectivity index is 2.63. The maximum absolute atomic E-state index is 10.9. The van der Waals surface area contributed by atoms with Gasteiger partial charge < -0.3 is 15.5 Å². The lowest BCUT2D eigenvalue weighted by molar-refractivity contribution is -0.141. The lowest BCUT2D eigenvalue weighted by atomic mass is 10.1. The van der Waals surface area contributed by atoms with E-state index in [0.29, 0.717) is 5.69 Å². The highest BCUT2D eigenvalue weighted by Crippen LogP contribution is 2.14. The van der Waals surface area contributed by atoms with Gasteiger partial charge >= 0.3 is 5.97 Å². The maximum atomic E-state index is 10.9. The Morgan fingerprint density at radius 2 is 2.54 bits per heavy atom. The Kier molecular flexibility index (Phi) is 3.02. The van der Waals surface area contributed by atoms with Gasteiger partial charge in [-0.25, -0.2) is 4.98 Å². The molecule has 0 aliphatic rings. The first kappa shape index (κ1) is 9.73. The highest BCUT2D eigenvalue weighted by Gasteiger charge is 2.15. The predicted octanol–water partition coefficient (Wildman–Crippen LogP) is 0.281. The lowest BCUT2D eigenvalue weighted by Gasteiger charge is -2.07. The Morgan fingerprint density at radius 3 is 3.00 bits per heavy atom. The van der Waals surface area contributed by atoms with Gasteiger partial charge in [0.2, 0.25) is 0 Å². The summed E-state index contributed by atoms with van der Waals surface area (Å²) in [7, 11) is 1.34. The Morgan fingerprint density at radius 1 is 1.85 bits per heavy atom. The minimum atomic E-state index is -0.390. The van der Waals surface area contributed by atoms with E-state index in [0.717, 1.165) is 5.69 Å². The number of hydrogen-bond acceptors (Lipinski definition) is 4. The maximum Gasteiger partial charge on any atom is 0.307 e. The zero-order chi connectivity index (χ0) is 9.84. The molecule has 1 heterocycles. The van der Waals surface area contributed by atoms with Crippen LogP contribution < -0.4 is 5.73 Å². The molecule has 0 spiro atoms. The van der Waals surface area contributed by atoms with Crippen LogP contribution in [0.25, 0.3) is 0 Å². The summed E-state index contributed by atoms with van der Waals surface area (Å²) in [5.74, 6) is -0.324. The van der Waals surface area contributed by atoms with E-state index in [1.54, 1.807) is 6.33 Å². The summed E-state index contributed by atoms with van der Waals surface area (Å²) in [6.07, 6.45) is 1.71. The zero-order valence-electron chi connectivity index (χ0n) is 7.70. The molecule has 5 nitrogen and oxygen atoms in total. The van der Waals surface area contributed by atoms with Gasteiger partial charge in [0.05, 0.1) is 31.6 Å². The normalized spacial score (nSPS) is 12.5. The summed E-state index contributed by atoms with van der Waals surface area (Å²) in [5, 5.41) is 0. The second-order valence-corrected chi connectivity index (χ2v) is 2.80. The first-order valence-electron chi connectivity index (χ1n) is 3.97. The molecule has 1 atom stereocenters. The van der Waals surface area contributed by atoms with Gasteiger partial charge in [-0.3, -0.25) is 4.79 Å². The number of nitrogens with one attached hydrogen (secondary N) is 1. The lowest BCUT2D eigenvalue weighted by Crippen LogP contribution is -2.17. The molecule has 0 saturated heterocycles. The number of rotatable bonds is 3. The van der Waals surface area contributed by atoms with E-state index in [1.807, 2.05) is 6.92 Å². The van der Waals surface area contributed by atoms with Crippen LogP contribution in [0.15, 0.2) is 6.33 Å². The summed E-state index contributed by atoms with van der Waals surface area (Å²) in [6, 6.07) is -0.390. The number of hydrogen-bond donors (Lipinski definition) is 2. The van der Waals surface area contributed by atoms with E-state index >= 15 is 0 Å². The van der Waals surface area contributed by atoms with E-state index in [-0.39, 0.29) is 12.4 Å². The highest BCUT2D eigenvalue weighted by atomic mass is 16.5. The first-order chi connectivity index (χ1) is 6.15. The van der Waals surface area contributed by atoms with Crippen molar-refractivity contribution in [1.82, 2.24) is 9.97 Å². The van der Waals surface area contributed by atoms with Gasteiger partial charge in [0.15, 0.2) is 0 Å². The number of imidazole rings is 1. The summed E-state index contributed by atoms with van der Waals surface area (Å²) >= 11 is 0. The Hall–Kier alpha value is -1.36. The number of aryl methyl sites for hydroxylation is 1. The van der Waals surface area contributed by atoms with Crippen LogP contribution in [0.4, 0.5) is 0 Å². The zero-order valence-corrected chi connectivity index (χ0v) is 7.70. The van der Waals surface area contributed by atoms with Gasteiger partial charge in [0.1, 0.15) is 0 Å². The number of nitrogens with zero attached hydrogens (tertiary/aromatic N) is 1. The number of esters is 1. The molecular weight excluding hydrogens is 170 g/mol. The van der Waals surface area contributed by atoms with E-state index < -0.39 is 6.04 Å². The first-order valence-corrected chi connectivity index (χ1v) is 3.97. The average molecular weight is 183 g/mol. The Bertz CT molecular complexity index is 295.